The molecule has 120 valence electrons. The lowest BCUT2D eigenvalue weighted by Gasteiger charge is -2.11. The minimum absolute atomic E-state index is 0.214. The third kappa shape index (κ3) is 4.20. The maximum Gasteiger partial charge on any atom is 0.348 e. The molecule has 1 fully saturated rings. The predicted octanol–water partition coefficient (Wildman–Crippen LogP) is 3.63. The number of esters is 1. The van der Waals surface area contributed by atoms with E-state index in [-0.39, 0.29) is 18.6 Å². The van der Waals surface area contributed by atoms with Gasteiger partial charge in [-0.1, -0.05) is 43.2 Å². The zero-order valence-corrected chi connectivity index (χ0v) is 13.6. The summed E-state index contributed by atoms with van der Waals surface area (Å²) in [7, 11) is 0. The van der Waals surface area contributed by atoms with Crippen LogP contribution in [0.2, 0.25) is 0 Å². The van der Waals surface area contributed by atoms with Crippen molar-refractivity contribution in [2.24, 2.45) is 0 Å². The van der Waals surface area contributed by atoms with Gasteiger partial charge in [0.25, 0.3) is 5.91 Å². The van der Waals surface area contributed by atoms with Crippen molar-refractivity contribution in [1.29, 1.82) is 0 Å². The zero-order valence-electron chi connectivity index (χ0n) is 12.8. The lowest BCUT2D eigenvalue weighted by atomic mass is 10.2. The number of amides is 1. The highest BCUT2D eigenvalue weighted by atomic mass is 32.1. The molecule has 4 nitrogen and oxygen atoms in total. The number of carbonyl (C=O) groups excluding carboxylic acids is 2. The van der Waals surface area contributed by atoms with Gasteiger partial charge in [-0.15, -0.1) is 11.3 Å². The summed E-state index contributed by atoms with van der Waals surface area (Å²) in [5, 5.41) is 2.90. The van der Waals surface area contributed by atoms with Crippen LogP contribution in [0.25, 0.3) is 10.4 Å². The van der Waals surface area contributed by atoms with Crippen LogP contribution in [0, 0.1) is 0 Å². The second-order valence-electron chi connectivity index (χ2n) is 5.65. The summed E-state index contributed by atoms with van der Waals surface area (Å²) < 4.78 is 5.11. The maximum absolute atomic E-state index is 12.0. The molecule has 1 amide bonds. The molecule has 1 aromatic heterocycles. The Hall–Kier alpha value is -2.14. The smallest absolute Gasteiger partial charge is 0.348 e. The average Bonchev–Trinajstić information content (AvgIpc) is 3.25. The van der Waals surface area contributed by atoms with Gasteiger partial charge in [0, 0.05) is 10.9 Å². The fourth-order valence-corrected chi connectivity index (χ4v) is 3.65. The normalized spacial score (nSPS) is 14.6. The molecule has 0 aliphatic heterocycles. The molecule has 1 heterocycles. The number of hydrogen-bond donors (Lipinski definition) is 1. The Morgan fingerprint density at radius 2 is 1.83 bits per heavy atom. The van der Waals surface area contributed by atoms with Crippen LogP contribution in [-0.4, -0.2) is 24.5 Å². The summed E-state index contributed by atoms with van der Waals surface area (Å²) in [5.74, 6) is -0.663. The highest BCUT2D eigenvalue weighted by Gasteiger charge is 2.18. The standard InChI is InChI=1S/C18H19NO3S/c20-17(19-14-8-4-5-9-14)12-22-18(21)16-11-10-15(23-16)13-6-2-1-3-7-13/h1-3,6-7,10-11,14H,4-5,8-9,12H2,(H,19,20). The van der Waals surface area contributed by atoms with Gasteiger partial charge in [-0.3, -0.25) is 4.79 Å². The zero-order chi connectivity index (χ0) is 16.1. The molecule has 3 rings (SSSR count). The fourth-order valence-electron chi connectivity index (χ4n) is 2.75. The minimum Gasteiger partial charge on any atom is -0.451 e. The van der Waals surface area contributed by atoms with E-state index in [1.165, 1.54) is 11.3 Å². The Bertz CT molecular complexity index is 675. The van der Waals surface area contributed by atoms with Gasteiger partial charge in [-0.2, -0.15) is 0 Å². The van der Waals surface area contributed by atoms with Crippen molar-refractivity contribution in [2.75, 3.05) is 6.61 Å². The molecule has 1 aliphatic rings. The molecular weight excluding hydrogens is 310 g/mol. The van der Waals surface area contributed by atoms with Gasteiger partial charge in [-0.05, 0) is 30.5 Å². The molecule has 0 saturated heterocycles. The van der Waals surface area contributed by atoms with Crippen molar-refractivity contribution >= 4 is 23.2 Å². The molecule has 1 saturated carbocycles. The highest BCUT2D eigenvalue weighted by Crippen LogP contribution is 2.28. The van der Waals surface area contributed by atoms with Gasteiger partial charge >= 0.3 is 5.97 Å². The van der Waals surface area contributed by atoms with Crippen LogP contribution < -0.4 is 5.32 Å². The molecule has 1 aromatic carbocycles. The first-order valence-electron chi connectivity index (χ1n) is 7.84. The van der Waals surface area contributed by atoms with Crippen LogP contribution in [-0.2, 0) is 9.53 Å². The molecule has 2 aromatic rings. The maximum atomic E-state index is 12.0. The van der Waals surface area contributed by atoms with Crippen molar-refractivity contribution in [3.05, 3.63) is 47.3 Å². The van der Waals surface area contributed by atoms with Crippen LogP contribution in [0.4, 0.5) is 0 Å². The number of carbonyl (C=O) groups is 2. The highest BCUT2D eigenvalue weighted by molar-refractivity contribution is 7.17. The Morgan fingerprint density at radius 1 is 1.09 bits per heavy atom. The third-order valence-electron chi connectivity index (χ3n) is 3.92. The predicted molar refractivity (Wildman–Crippen MR) is 90.4 cm³/mol. The Balaban J connectivity index is 1.52. The van der Waals surface area contributed by atoms with E-state index in [4.69, 9.17) is 4.74 Å². The van der Waals surface area contributed by atoms with Gasteiger partial charge in [0.2, 0.25) is 0 Å². The van der Waals surface area contributed by atoms with Gasteiger partial charge in [-0.25, -0.2) is 4.79 Å². The molecule has 1 N–H and O–H groups in total. The van der Waals surface area contributed by atoms with E-state index in [1.54, 1.807) is 6.07 Å². The Labute approximate surface area is 139 Å². The summed E-state index contributed by atoms with van der Waals surface area (Å²) in [6, 6.07) is 13.7. The SMILES string of the molecule is O=C(COC(=O)c1ccc(-c2ccccc2)s1)NC1CCCC1. The molecule has 23 heavy (non-hydrogen) atoms. The van der Waals surface area contributed by atoms with Crippen molar-refractivity contribution in [2.45, 2.75) is 31.7 Å². The van der Waals surface area contributed by atoms with E-state index < -0.39 is 5.97 Å². The lowest BCUT2D eigenvalue weighted by molar-refractivity contribution is -0.124. The molecule has 5 heteroatoms. The second-order valence-corrected chi connectivity index (χ2v) is 6.74. The third-order valence-corrected chi connectivity index (χ3v) is 5.03. The summed E-state index contributed by atoms with van der Waals surface area (Å²) in [6.07, 6.45) is 4.35. The molecule has 0 atom stereocenters. The van der Waals surface area contributed by atoms with E-state index in [0.29, 0.717) is 4.88 Å². The summed E-state index contributed by atoms with van der Waals surface area (Å²) in [4.78, 5) is 25.3. The topological polar surface area (TPSA) is 55.4 Å². The number of thiophene rings is 1. The quantitative estimate of drug-likeness (QED) is 0.852. The van der Waals surface area contributed by atoms with E-state index in [9.17, 15) is 9.59 Å². The molecular formula is C18H19NO3S. The van der Waals surface area contributed by atoms with Crippen molar-refractivity contribution in [1.82, 2.24) is 5.32 Å². The minimum atomic E-state index is -0.446. The van der Waals surface area contributed by atoms with Crippen LogP contribution >= 0.6 is 11.3 Å². The second kappa shape index (κ2) is 7.42. The number of nitrogens with one attached hydrogen (secondary N) is 1. The van der Waals surface area contributed by atoms with Crippen LogP contribution in [0.15, 0.2) is 42.5 Å². The van der Waals surface area contributed by atoms with Crippen LogP contribution in [0.3, 0.4) is 0 Å². The number of ether oxygens (including phenoxy) is 1. The first kappa shape index (κ1) is 15.7. The monoisotopic (exact) mass is 329 g/mol. The molecule has 0 radical (unpaired) electrons. The Morgan fingerprint density at radius 3 is 2.57 bits per heavy atom. The summed E-state index contributed by atoms with van der Waals surface area (Å²) in [6.45, 7) is -0.214. The van der Waals surface area contributed by atoms with E-state index in [1.807, 2.05) is 36.4 Å². The van der Waals surface area contributed by atoms with Gasteiger partial charge in [0.15, 0.2) is 6.61 Å². The van der Waals surface area contributed by atoms with E-state index in [2.05, 4.69) is 5.32 Å². The number of benzene rings is 1. The van der Waals surface area contributed by atoms with E-state index in [0.717, 1.165) is 36.1 Å². The molecule has 0 unspecified atom stereocenters. The number of rotatable bonds is 5. The summed E-state index contributed by atoms with van der Waals surface area (Å²) in [5.41, 5.74) is 1.07. The number of hydrogen-bond acceptors (Lipinski definition) is 4. The first-order chi connectivity index (χ1) is 11.2. The van der Waals surface area contributed by atoms with Crippen LogP contribution in [0.1, 0.15) is 35.4 Å². The largest absolute Gasteiger partial charge is 0.451 e. The average molecular weight is 329 g/mol. The van der Waals surface area contributed by atoms with Crippen molar-refractivity contribution in [3.63, 3.8) is 0 Å². The molecule has 1 aliphatic carbocycles. The summed E-state index contributed by atoms with van der Waals surface area (Å²) >= 11 is 1.37. The molecule has 0 spiro atoms. The van der Waals surface area contributed by atoms with E-state index >= 15 is 0 Å². The van der Waals surface area contributed by atoms with Crippen LogP contribution in [0.5, 0.6) is 0 Å². The first-order valence-corrected chi connectivity index (χ1v) is 8.66. The lowest BCUT2D eigenvalue weighted by Crippen LogP contribution is -2.35. The van der Waals surface area contributed by atoms with Crippen molar-refractivity contribution in [3.8, 4) is 10.4 Å². The fraction of sp³-hybridized carbons (Fsp3) is 0.333. The van der Waals surface area contributed by atoms with Gasteiger partial charge < -0.3 is 10.1 Å². The van der Waals surface area contributed by atoms with Crippen molar-refractivity contribution < 1.29 is 14.3 Å². The van der Waals surface area contributed by atoms with Gasteiger partial charge in [0.05, 0.1) is 0 Å². The Kier molecular flexibility index (Phi) is 5.08. The van der Waals surface area contributed by atoms with Gasteiger partial charge in [0.1, 0.15) is 4.88 Å². The molecule has 0 bridgehead atoms.